The van der Waals surface area contributed by atoms with Crippen LogP contribution in [0, 0.1) is 35.0 Å². The summed E-state index contributed by atoms with van der Waals surface area (Å²) < 4.78 is 5.46. The van der Waals surface area contributed by atoms with E-state index in [-0.39, 0.29) is 24.1 Å². The zero-order chi connectivity index (χ0) is 17.5. The molecular formula is C21H32O3. The van der Waals surface area contributed by atoms with E-state index in [1.165, 1.54) is 18.4 Å². The van der Waals surface area contributed by atoms with Gasteiger partial charge in [-0.15, -0.1) is 0 Å². The summed E-state index contributed by atoms with van der Waals surface area (Å²) in [6.07, 6.45) is 11.0. The molecule has 1 aliphatic heterocycles. The average Bonchev–Trinajstić information content (AvgIpc) is 3.10. The summed E-state index contributed by atoms with van der Waals surface area (Å²) in [7, 11) is 0. The van der Waals surface area contributed by atoms with Gasteiger partial charge in [-0.25, -0.2) is 4.79 Å². The van der Waals surface area contributed by atoms with Gasteiger partial charge in [0.1, 0.15) is 6.10 Å². The molecule has 0 aromatic carbocycles. The van der Waals surface area contributed by atoms with Gasteiger partial charge in [0.05, 0.1) is 0 Å². The Morgan fingerprint density at radius 2 is 2.04 bits per heavy atom. The lowest BCUT2D eigenvalue weighted by Gasteiger charge is -2.44. The maximum Gasteiger partial charge on any atom is 0.331 e. The van der Waals surface area contributed by atoms with E-state index in [4.69, 9.17) is 4.74 Å². The van der Waals surface area contributed by atoms with Gasteiger partial charge in [-0.05, 0) is 66.3 Å². The van der Waals surface area contributed by atoms with Crippen LogP contribution in [0.2, 0.25) is 0 Å². The van der Waals surface area contributed by atoms with E-state index in [2.05, 4.69) is 39.8 Å². The Balaban J connectivity index is 1.73. The molecule has 134 valence electrons. The molecule has 0 aromatic heterocycles. The molecule has 7 atom stereocenters. The van der Waals surface area contributed by atoms with Gasteiger partial charge in [0, 0.05) is 12.7 Å². The number of carbonyl (C=O) groups excluding carboxylic acids is 1. The molecule has 3 aliphatic rings. The number of esters is 1. The molecule has 0 spiro atoms. The minimum atomic E-state index is -0.137. The summed E-state index contributed by atoms with van der Waals surface area (Å²) in [4.78, 5) is 11.7. The summed E-state index contributed by atoms with van der Waals surface area (Å²) >= 11 is 0. The number of aliphatic hydroxyl groups excluding tert-OH is 1. The molecule has 0 saturated heterocycles. The molecule has 0 amide bonds. The van der Waals surface area contributed by atoms with Gasteiger partial charge in [-0.3, -0.25) is 0 Å². The average molecular weight is 332 g/mol. The summed E-state index contributed by atoms with van der Waals surface area (Å²) in [5.41, 5.74) is 1.56. The smallest absolute Gasteiger partial charge is 0.331 e. The van der Waals surface area contributed by atoms with Crippen molar-refractivity contribution in [3.8, 4) is 0 Å². The molecule has 3 nitrogen and oxygen atoms in total. The molecule has 1 heterocycles. The van der Waals surface area contributed by atoms with Crippen LogP contribution in [0.3, 0.4) is 0 Å². The lowest BCUT2D eigenvalue weighted by molar-refractivity contribution is -0.140. The number of hydrogen-bond donors (Lipinski definition) is 1. The quantitative estimate of drug-likeness (QED) is 0.608. The maximum atomic E-state index is 11.7. The van der Waals surface area contributed by atoms with Crippen molar-refractivity contribution in [2.24, 2.45) is 35.0 Å². The molecule has 24 heavy (non-hydrogen) atoms. The third-order valence-electron chi connectivity index (χ3n) is 7.21. The predicted molar refractivity (Wildman–Crippen MR) is 95.2 cm³/mol. The second kappa shape index (κ2) is 6.67. The number of ether oxygens (including phenoxy) is 1. The minimum Gasteiger partial charge on any atom is -0.455 e. The topological polar surface area (TPSA) is 46.5 Å². The first-order valence-corrected chi connectivity index (χ1v) is 9.58. The third kappa shape index (κ3) is 2.96. The summed E-state index contributed by atoms with van der Waals surface area (Å²) in [6, 6.07) is 0. The highest BCUT2D eigenvalue weighted by Crippen LogP contribution is 2.60. The lowest BCUT2D eigenvalue weighted by atomic mass is 9.60. The monoisotopic (exact) mass is 332 g/mol. The first kappa shape index (κ1) is 17.7. The molecule has 0 bridgehead atoms. The normalized spacial score (nSPS) is 39.1. The zero-order valence-electron chi connectivity index (χ0n) is 15.5. The Kier molecular flexibility index (Phi) is 4.92. The highest BCUT2D eigenvalue weighted by Gasteiger charge is 2.54. The molecular weight excluding hydrogens is 300 g/mol. The van der Waals surface area contributed by atoms with E-state index < -0.39 is 0 Å². The van der Waals surface area contributed by atoms with Crippen LogP contribution in [0.25, 0.3) is 0 Å². The molecule has 2 fully saturated rings. The fourth-order valence-electron chi connectivity index (χ4n) is 5.34. The zero-order valence-corrected chi connectivity index (χ0v) is 15.5. The van der Waals surface area contributed by atoms with Crippen LogP contribution in [-0.4, -0.2) is 23.8 Å². The van der Waals surface area contributed by atoms with E-state index in [0.717, 1.165) is 12.8 Å². The Labute approximate surface area is 146 Å². The van der Waals surface area contributed by atoms with Crippen molar-refractivity contribution < 1.29 is 14.6 Å². The Bertz CT molecular complexity index is 549. The van der Waals surface area contributed by atoms with Crippen LogP contribution in [-0.2, 0) is 9.53 Å². The van der Waals surface area contributed by atoms with E-state index >= 15 is 0 Å². The van der Waals surface area contributed by atoms with Gasteiger partial charge < -0.3 is 9.84 Å². The lowest BCUT2D eigenvalue weighted by Crippen LogP contribution is -2.39. The third-order valence-corrected chi connectivity index (χ3v) is 7.21. The first-order valence-electron chi connectivity index (χ1n) is 9.58. The fraction of sp³-hybridized carbons (Fsp3) is 0.762. The Hall–Kier alpha value is -1.09. The van der Waals surface area contributed by atoms with Gasteiger partial charge in [0.25, 0.3) is 0 Å². The van der Waals surface area contributed by atoms with Gasteiger partial charge in [-0.2, -0.15) is 0 Å². The molecule has 0 radical (unpaired) electrons. The molecule has 1 N–H and O–H groups in total. The first-order chi connectivity index (χ1) is 11.4. The van der Waals surface area contributed by atoms with Crippen LogP contribution >= 0.6 is 0 Å². The number of rotatable bonds is 5. The van der Waals surface area contributed by atoms with Crippen molar-refractivity contribution in [1.82, 2.24) is 0 Å². The molecule has 2 aliphatic carbocycles. The van der Waals surface area contributed by atoms with Gasteiger partial charge in [0.2, 0.25) is 0 Å². The van der Waals surface area contributed by atoms with E-state index in [0.29, 0.717) is 29.6 Å². The minimum absolute atomic E-state index is 0.0607. The molecule has 0 unspecified atom stereocenters. The Morgan fingerprint density at radius 3 is 2.75 bits per heavy atom. The van der Waals surface area contributed by atoms with Crippen molar-refractivity contribution in [3.63, 3.8) is 0 Å². The van der Waals surface area contributed by atoms with Crippen LogP contribution in [0.4, 0.5) is 0 Å². The van der Waals surface area contributed by atoms with Crippen LogP contribution in [0.1, 0.15) is 53.4 Å². The standard InChI is InChI=1S/C21H32O3/c1-13(15(3)12-22)5-6-14(2)17-7-8-18-16-11-20(23)24-19(16)9-10-21(17,18)4/h5-6,11,13-15,17-19,22H,7-10,12H2,1-4H3/t13-,14+,15+,17+,18-,19-,21+/m0/s1. The maximum absolute atomic E-state index is 11.7. The fourth-order valence-corrected chi connectivity index (χ4v) is 5.34. The molecule has 3 heteroatoms. The molecule has 2 saturated carbocycles. The van der Waals surface area contributed by atoms with Crippen molar-refractivity contribution in [3.05, 3.63) is 23.8 Å². The number of hydrogen-bond acceptors (Lipinski definition) is 3. The number of aliphatic hydroxyl groups is 1. The second-order valence-electron chi connectivity index (χ2n) is 8.61. The predicted octanol–water partition coefficient (Wildman–Crippen LogP) is 4.12. The molecule has 3 rings (SSSR count). The molecule has 0 aromatic rings. The second-order valence-corrected chi connectivity index (χ2v) is 8.61. The van der Waals surface area contributed by atoms with Gasteiger partial charge in [0.15, 0.2) is 0 Å². The largest absolute Gasteiger partial charge is 0.455 e. The Morgan fingerprint density at radius 1 is 1.29 bits per heavy atom. The number of allylic oxidation sites excluding steroid dienone is 2. The summed E-state index contributed by atoms with van der Waals surface area (Å²) in [5.74, 6) is 2.28. The van der Waals surface area contributed by atoms with Crippen LogP contribution in [0.15, 0.2) is 23.8 Å². The van der Waals surface area contributed by atoms with Crippen LogP contribution < -0.4 is 0 Å². The number of fused-ring (bicyclic) bond motifs is 3. The van der Waals surface area contributed by atoms with Crippen molar-refractivity contribution >= 4 is 5.97 Å². The van der Waals surface area contributed by atoms with Crippen LogP contribution in [0.5, 0.6) is 0 Å². The highest BCUT2D eigenvalue weighted by atomic mass is 16.5. The van der Waals surface area contributed by atoms with E-state index in [9.17, 15) is 9.90 Å². The van der Waals surface area contributed by atoms with Crippen molar-refractivity contribution in [1.29, 1.82) is 0 Å². The van der Waals surface area contributed by atoms with E-state index in [1.807, 2.05) is 0 Å². The summed E-state index contributed by atoms with van der Waals surface area (Å²) in [6.45, 7) is 9.28. The SMILES string of the molecule is C[C@H](C=C[C@H](C)[C@H](C)CO)[C@H]1CC[C@H]2C3=CC(=O)O[C@H]3CC[C@]12C. The van der Waals surface area contributed by atoms with E-state index in [1.54, 1.807) is 6.08 Å². The highest BCUT2D eigenvalue weighted by molar-refractivity contribution is 5.86. The van der Waals surface area contributed by atoms with Crippen molar-refractivity contribution in [2.75, 3.05) is 6.61 Å². The van der Waals surface area contributed by atoms with Crippen molar-refractivity contribution in [2.45, 2.75) is 59.5 Å². The summed E-state index contributed by atoms with van der Waals surface area (Å²) in [5, 5.41) is 9.31. The number of carbonyl (C=O) groups is 1. The van der Waals surface area contributed by atoms with Gasteiger partial charge in [-0.1, -0.05) is 39.8 Å². The van der Waals surface area contributed by atoms with Gasteiger partial charge >= 0.3 is 5.97 Å².